The van der Waals surface area contributed by atoms with Crippen molar-refractivity contribution in [1.82, 2.24) is 24.1 Å². The molecule has 7 nitrogen and oxygen atoms in total. The Morgan fingerprint density at radius 3 is 1.18 bits per heavy atom. The van der Waals surface area contributed by atoms with Crippen LogP contribution in [0.5, 0.6) is 0 Å². The number of nitriles is 2. The third kappa shape index (κ3) is 6.39. The lowest BCUT2D eigenvalue weighted by Gasteiger charge is -2.21. The van der Waals surface area contributed by atoms with E-state index in [4.69, 9.17) is 15.0 Å². The van der Waals surface area contributed by atoms with Gasteiger partial charge in [-0.25, -0.2) is 15.0 Å². The zero-order chi connectivity index (χ0) is 44.1. The van der Waals surface area contributed by atoms with Gasteiger partial charge in [0.1, 0.15) is 0 Å². The molecule has 0 spiro atoms. The van der Waals surface area contributed by atoms with Crippen LogP contribution in [0.15, 0.2) is 212 Å². The molecule has 0 aliphatic rings. The lowest BCUT2D eigenvalue weighted by atomic mass is 9.91. The molecular weight excluding hydrogens is 807 g/mol. The van der Waals surface area contributed by atoms with Crippen molar-refractivity contribution in [3.63, 3.8) is 0 Å². The molecule has 306 valence electrons. The van der Waals surface area contributed by atoms with Crippen LogP contribution >= 0.6 is 0 Å². The molecular formula is C59H35N7. The lowest BCUT2D eigenvalue weighted by molar-refractivity contribution is 1.07. The summed E-state index contributed by atoms with van der Waals surface area (Å²) in [7, 11) is 0. The average Bonchev–Trinajstić information content (AvgIpc) is 3.91. The van der Waals surface area contributed by atoms with E-state index < -0.39 is 0 Å². The second kappa shape index (κ2) is 15.7. The van der Waals surface area contributed by atoms with Crippen molar-refractivity contribution in [3.05, 3.63) is 223 Å². The van der Waals surface area contributed by atoms with E-state index in [1.807, 2.05) is 109 Å². The van der Waals surface area contributed by atoms with Crippen LogP contribution in [0.4, 0.5) is 0 Å². The van der Waals surface area contributed by atoms with Gasteiger partial charge >= 0.3 is 0 Å². The van der Waals surface area contributed by atoms with Crippen LogP contribution in [0.3, 0.4) is 0 Å². The first-order chi connectivity index (χ1) is 32.6. The highest BCUT2D eigenvalue weighted by atomic mass is 15.0. The van der Waals surface area contributed by atoms with Gasteiger partial charge in [-0.05, 0) is 83.9 Å². The van der Waals surface area contributed by atoms with Crippen LogP contribution in [-0.4, -0.2) is 24.1 Å². The Balaban J connectivity index is 1.18. The van der Waals surface area contributed by atoms with Gasteiger partial charge in [-0.3, -0.25) is 0 Å². The number of fused-ring (bicyclic) bond motifs is 6. The molecule has 3 heterocycles. The van der Waals surface area contributed by atoms with Gasteiger partial charge in [0.2, 0.25) is 0 Å². The molecule has 0 bridgehead atoms. The highest BCUT2D eigenvalue weighted by molar-refractivity contribution is 6.13. The molecule has 0 saturated heterocycles. The van der Waals surface area contributed by atoms with Crippen molar-refractivity contribution in [3.8, 4) is 79.9 Å². The van der Waals surface area contributed by atoms with Crippen LogP contribution in [0.2, 0.25) is 0 Å². The highest BCUT2D eigenvalue weighted by Crippen LogP contribution is 2.45. The Kier molecular flexibility index (Phi) is 9.12. The van der Waals surface area contributed by atoms with Gasteiger partial charge in [0.25, 0.3) is 0 Å². The molecule has 0 unspecified atom stereocenters. The number of para-hydroxylation sites is 3. The monoisotopic (exact) mass is 841 g/mol. The molecule has 66 heavy (non-hydrogen) atoms. The second-order valence-electron chi connectivity index (χ2n) is 16.3. The Hall–Kier alpha value is -9.43. The van der Waals surface area contributed by atoms with Crippen molar-refractivity contribution in [2.24, 2.45) is 0 Å². The zero-order valence-corrected chi connectivity index (χ0v) is 35.3. The fourth-order valence-electron chi connectivity index (χ4n) is 9.37. The first kappa shape index (κ1) is 38.3. The largest absolute Gasteiger partial charge is 0.309 e. The van der Waals surface area contributed by atoms with Crippen LogP contribution in [0, 0.1) is 22.7 Å². The molecule has 3 aromatic heterocycles. The predicted molar refractivity (Wildman–Crippen MR) is 265 cm³/mol. The summed E-state index contributed by atoms with van der Waals surface area (Å²) in [4.78, 5) is 15.3. The zero-order valence-electron chi connectivity index (χ0n) is 35.3. The van der Waals surface area contributed by atoms with Gasteiger partial charge < -0.3 is 9.13 Å². The number of nitrogens with zero attached hydrogens (tertiary/aromatic N) is 7. The number of aromatic nitrogens is 5. The number of hydrogen-bond acceptors (Lipinski definition) is 5. The van der Waals surface area contributed by atoms with E-state index >= 15 is 0 Å². The summed E-state index contributed by atoms with van der Waals surface area (Å²) < 4.78 is 4.72. The smallest absolute Gasteiger partial charge is 0.164 e. The molecule has 0 atom stereocenters. The van der Waals surface area contributed by atoms with Crippen LogP contribution in [0.25, 0.3) is 111 Å². The molecule has 7 heteroatoms. The topological polar surface area (TPSA) is 96.1 Å². The van der Waals surface area contributed by atoms with Gasteiger partial charge in [-0.15, -0.1) is 0 Å². The summed E-state index contributed by atoms with van der Waals surface area (Å²) in [6.45, 7) is 0. The van der Waals surface area contributed by atoms with E-state index in [0.29, 0.717) is 28.6 Å². The highest BCUT2D eigenvalue weighted by Gasteiger charge is 2.24. The summed E-state index contributed by atoms with van der Waals surface area (Å²) in [5.74, 6) is 1.63. The third-order valence-corrected chi connectivity index (χ3v) is 12.4. The van der Waals surface area contributed by atoms with Gasteiger partial charge in [0.15, 0.2) is 17.5 Å². The van der Waals surface area contributed by atoms with Gasteiger partial charge in [0, 0.05) is 55.0 Å². The minimum atomic E-state index is 0.511. The fourth-order valence-corrected chi connectivity index (χ4v) is 9.37. The molecule has 12 rings (SSSR count). The first-order valence-corrected chi connectivity index (χ1v) is 21.7. The van der Waals surface area contributed by atoms with Crippen molar-refractivity contribution < 1.29 is 0 Å². The number of rotatable bonds is 7. The van der Waals surface area contributed by atoms with E-state index in [-0.39, 0.29) is 0 Å². The quantitative estimate of drug-likeness (QED) is 0.159. The predicted octanol–water partition coefficient (Wildman–Crippen LogP) is 14.1. The Bertz CT molecular complexity index is 3740. The minimum Gasteiger partial charge on any atom is -0.309 e. The Morgan fingerprint density at radius 2 is 0.712 bits per heavy atom. The molecule has 9 aromatic carbocycles. The molecule has 0 saturated carbocycles. The molecule has 0 N–H and O–H groups in total. The maximum atomic E-state index is 9.92. The van der Waals surface area contributed by atoms with Crippen molar-refractivity contribution >= 4 is 43.6 Å². The first-order valence-electron chi connectivity index (χ1n) is 21.7. The number of hydrogen-bond donors (Lipinski definition) is 0. The molecule has 0 amide bonds. The van der Waals surface area contributed by atoms with Crippen molar-refractivity contribution in [2.75, 3.05) is 0 Å². The Labute approximate surface area is 380 Å². The summed E-state index contributed by atoms with van der Waals surface area (Å²) >= 11 is 0. The standard InChI is InChI=1S/C59H35N7/c60-36-38-23-27-40(28-24-38)49-33-44(59-63-57(42-13-3-1-4-14-42)62-58(64-59)43-15-5-2-6-16-43)34-50(41-29-25-39(37-61)26-30-41)56(49)66-54-22-12-9-19-48(54)51-35-45(31-32-55(51)66)65-52-20-10-7-17-46(52)47-18-8-11-21-53(47)65/h1-35H. The van der Waals surface area contributed by atoms with Crippen LogP contribution in [0.1, 0.15) is 11.1 Å². The van der Waals surface area contributed by atoms with E-state index in [9.17, 15) is 10.5 Å². The van der Waals surface area contributed by atoms with Gasteiger partial charge in [-0.2, -0.15) is 10.5 Å². The molecule has 0 fully saturated rings. The van der Waals surface area contributed by atoms with Crippen LogP contribution < -0.4 is 0 Å². The fraction of sp³-hybridized carbons (Fsp3) is 0. The summed E-state index contributed by atoms with van der Waals surface area (Å²) in [6.07, 6.45) is 0. The van der Waals surface area contributed by atoms with E-state index in [2.05, 4.69) is 124 Å². The van der Waals surface area contributed by atoms with E-state index in [1.165, 1.54) is 10.8 Å². The Morgan fingerprint density at radius 1 is 0.318 bits per heavy atom. The van der Waals surface area contributed by atoms with E-state index in [1.54, 1.807) is 0 Å². The second-order valence-corrected chi connectivity index (χ2v) is 16.3. The molecule has 0 radical (unpaired) electrons. The normalized spacial score (nSPS) is 11.3. The minimum absolute atomic E-state index is 0.511. The van der Waals surface area contributed by atoms with E-state index in [0.717, 1.165) is 83.2 Å². The molecule has 0 aliphatic carbocycles. The molecule has 0 aliphatic heterocycles. The maximum Gasteiger partial charge on any atom is 0.164 e. The third-order valence-electron chi connectivity index (χ3n) is 12.4. The number of benzene rings is 9. The summed E-state index contributed by atoms with van der Waals surface area (Å²) in [6, 6.07) is 76.9. The summed E-state index contributed by atoms with van der Waals surface area (Å²) in [5.41, 5.74) is 13.7. The lowest BCUT2D eigenvalue weighted by Crippen LogP contribution is -2.04. The van der Waals surface area contributed by atoms with Crippen LogP contribution in [-0.2, 0) is 0 Å². The summed E-state index contributed by atoms with van der Waals surface area (Å²) in [5, 5.41) is 24.5. The maximum absolute atomic E-state index is 9.92. The average molecular weight is 842 g/mol. The molecule has 12 aromatic rings. The van der Waals surface area contributed by atoms with Crippen molar-refractivity contribution in [2.45, 2.75) is 0 Å². The SMILES string of the molecule is N#Cc1ccc(-c2cc(-c3nc(-c4ccccc4)nc(-c4ccccc4)n3)cc(-c3ccc(C#N)cc3)c2-n2c3ccccc3c3cc(-n4c5ccccc5c5ccccc54)ccc32)cc1. The van der Waals surface area contributed by atoms with Gasteiger partial charge in [-0.1, -0.05) is 140 Å². The van der Waals surface area contributed by atoms with Gasteiger partial charge in [0.05, 0.1) is 51.0 Å². The van der Waals surface area contributed by atoms with Crippen molar-refractivity contribution in [1.29, 1.82) is 10.5 Å².